The van der Waals surface area contributed by atoms with Crippen LogP contribution < -0.4 is 0 Å². The number of hydrogen-bond donors (Lipinski definition) is 1. The number of hydrogen-bond acceptors (Lipinski definition) is 1. The molecule has 0 saturated heterocycles. The molecule has 2 aromatic carbocycles. The van der Waals surface area contributed by atoms with Gasteiger partial charge in [0, 0.05) is 10.6 Å². The Labute approximate surface area is 114 Å². The van der Waals surface area contributed by atoms with E-state index in [2.05, 4.69) is 0 Å². The molecular weight excluding hydrogens is 267 g/mol. The molecule has 4 heteroatoms. The molecule has 0 atom stereocenters. The average molecular weight is 277 g/mol. The molecule has 96 valence electrons. The predicted molar refractivity (Wildman–Crippen MR) is 73.4 cm³/mol. The van der Waals surface area contributed by atoms with Crippen LogP contribution in [-0.4, -0.2) is 11.1 Å². The van der Waals surface area contributed by atoms with Crippen molar-refractivity contribution >= 4 is 29.2 Å². The SMILES string of the molecule is O=C(O)/C(=C/c1ccccc1F)c1ccc(Cl)cc1. The lowest BCUT2D eigenvalue weighted by Crippen LogP contribution is -2.00. The monoisotopic (exact) mass is 276 g/mol. The zero-order valence-electron chi connectivity index (χ0n) is 9.81. The van der Waals surface area contributed by atoms with Gasteiger partial charge in [-0.1, -0.05) is 41.9 Å². The summed E-state index contributed by atoms with van der Waals surface area (Å²) in [5.74, 6) is -1.58. The van der Waals surface area contributed by atoms with Crippen LogP contribution in [0.2, 0.25) is 5.02 Å². The van der Waals surface area contributed by atoms with E-state index in [9.17, 15) is 14.3 Å². The highest BCUT2D eigenvalue weighted by atomic mass is 35.5. The zero-order valence-corrected chi connectivity index (χ0v) is 10.6. The third-order valence-corrected chi connectivity index (χ3v) is 2.84. The van der Waals surface area contributed by atoms with E-state index < -0.39 is 11.8 Å². The van der Waals surface area contributed by atoms with Crippen LogP contribution in [0.5, 0.6) is 0 Å². The standard InChI is InChI=1S/C15H10ClFO2/c16-12-7-5-10(6-8-12)13(15(18)19)9-11-3-1-2-4-14(11)17/h1-9H,(H,18,19)/b13-9+. The normalized spacial score (nSPS) is 11.4. The number of carbonyl (C=O) groups is 1. The van der Waals surface area contributed by atoms with Gasteiger partial charge in [-0.25, -0.2) is 9.18 Å². The summed E-state index contributed by atoms with van der Waals surface area (Å²) in [5, 5.41) is 9.74. The predicted octanol–water partition coefficient (Wildman–Crippen LogP) is 4.10. The van der Waals surface area contributed by atoms with Crippen molar-refractivity contribution in [2.75, 3.05) is 0 Å². The van der Waals surface area contributed by atoms with E-state index in [1.54, 1.807) is 36.4 Å². The Bertz CT molecular complexity index is 633. The first-order valence-corrected chi connectivity index (χ1v) is 5.91. The molecule has 0 fully saturated rings. The number of benzene rings is 2. The fourth-order valence-corrected chi connectivity index (χ4v) is 1.77. The first-order chi connectivity index (χ1) is 9.08. The fourth-order valence-electron chi connectivity index (χ4n) is 1.65. The number of aliphatic carboxylic acids is 1. The van der Waals surface area contributed by atoms with Crippen LogP contribution in [0, 0.1) is 5.82 Å². The molecule has 0 bridgehead atoms. The summed E-state index contributed by atoms with van der Waals surface area (Å²) in [7, 11) is 0. The molecule has 0 amide bonds. The second kappa shape index (κ2) is 5.67. The van der Waals surface area contributed by atoms with Gasteiger partial charge >= 0.3 is 5.97 Å². The van der Waals surface area contributed by atoms with Gasteiger partial charge in [-0.3, -0.25) is 0 Å². The Kier molecular flexibility index (Phi) is 3.97. The maximum absolute atomic E-state index is 13.5. The van der Waals surface area contributed by atoms with Crippen LogP contribution in [0.3, 0.4) is 0 Å². The largest absolute Gasteiger partial charge is 0.478 e. The number of carboxylic acids is 1. The highest BCUT2D eigenvalue weighted by Crippen LogP contribution is 2.21. The number of rotatable bonds is 3. The van der Waals surface area contributed by atoms with Gasteiger partial charge < -0.3 is 5.11 Å². The van der Waals surface area contributed by atoms with E-state index in [-0.39, 0.29) is 11.1 Å². The summed E-state index contributed by atoms with van der Waals surface area (Å²) in [6.45, 7) is 0. The lowest BCUT2D eigenvalue weighted by Gasteiger charge is -2.04. The highest BCUT2D eigenvalue weighted by molar-refractivity contribution is 6.30. The van der Waals surface area contributed by atoms with Crippen molar-refractivity contribution in [3.63, 3.8) is 0 Å². The van der Waals surface area contributed by atoms with Gasteiger partial charge in [0.2, 0.25) is 0 Å². The maximum atomic E-state index is 13.5. The first-order valence-electron chi connectivity index (χ1n) is 5.53. The van der Waals surface area contributed by atoms with Gasteiger partial charge in [0.25, 0.3) is 0 Å². The fraction of sp³-hybridized carbons (Fsp3) is 0. The maximum Gasteiger partial charge on any atom is 0.336 e. The van der Waals surface area contributed by atoms with Gasteiger partial charge in [-0.05, 0) is 29.8 Å². The van der Waals surface area contributed by atoms with E-state index >= 15 is 0 Å². The van der Waals surface area contributed by atoms with E-state index in [4.69, 9.17) is 11.6 Å². The molecule has 0 saturated carbocycles. The second-order valence-corrected chi connectivity index (χ2v) is 4.33. The van der Waals surface area contributed by atoms with Gasteiger partial charge in [-0.15, -0.1) is 0 Å². The van der Waals surface area contributed by atoms with Gasteiger partial charge in [0.05, 0.1) is 5.57 Å². The van der Waals surface area contributed by atoms with E-state index in [0.29, 0.717) is 10.6 Å². The quantitative estimate of drug-likeness (QED) is 0.677. The van der Waals surface area contributed by atoms with Crippen LogP contribution in [-0.2, 0) is 4.79 Å². The minimum absolute atomic E-state index is 0.0155. The van der Waals surface area contributed by atoms with Crippen LogP contribution in [0.4, 0.5) is 4.39 Å². The van der Waals surface area contributed by atoms with Crippen molar-refractivity contribution in [2.24, 2.45) is 0 Å². The van der Waals surface area contributed by atoms with Crippen LogP contribution in [0.15, 0.2) is 48.5 Å². The van der Waals surface area contributed by atoms with Gasteiger partial charge in [0.15, 0.2) is 0 Å². The van der Waals surface area contributed by atoms with Crippen molar-refractivity contribution in [3.05, 3.63) is 70.5 Å². The Morgan fingerprint density at radius 2 is 1.74 bits per heavy atom. The smallest absolute Gasteiger partial charge is 0.336 e. The summed E-state index contributed by atoms with van der Waals surface area (Å²) in [6.07, 6.45) is 1.31. The Hall–Kier alpha value is -2.13. The third kappa shape index (κ3) is 3.20. The molecule has 0 radical (unpaired) electrons. The van der Waals surface area contributed by atoms with Crippen molar-refractivity contribution in [1.82, 2.24) is 0 Å². The molecule has 2 rings (SSSR count). The van der Waals surface area contributed by atoms with Crippen molar-refractivity contribution in [3.8, 4) is 0 Å². The van der Waals surface area contributed by atoms with Crippen LogP contribution in [0.1, 0.15) is 11.1 Å². The average Bonchev–Trinajstić information content (AvgIpc) is 2.39. The van der Waals surface area contributed by atoms with Crippen molar-refractivity contribution in [2.45, 2.75) is 0 Å². The molecule has 0 heterocycles. The second-order valence-electron chi connectivity index (χ2n) is 3.89. The van der Waals surface area contributed by atoms with Crippen LogP contribution >= 0.6 is 11.6 Å². The van der Waals surface area contributed by atoms with Crippen molar-refractivity contribution in [1.29, 1.82) is 0 Å². The molecule has 2 aromatic rings. The highest BCUT2D eigenvalue weighted by Gasteiger charge is 2.11. The van der Waals surface area contributed by atoms with E-state index in [1.165, 1.54) is 18.2 Å². The summed E-state index contributed by atoms with van der Waals surface area (Å²) in [4.78, 5) is 11.3. The lowest BCUT2D eigenvalue weighted by atomic mass is 10.0. The minimum atomic E-state index is -1.12. The molecule has 0 unspecified atom stereocenters. The molecule has 0 aromatic heterocycles. The molecule has 0 aliphatic heterocycles. The van der Waals surface area contributed by atoms with Crippen LogP contribution in [0.25, 0.3) is 11.6 Å². The Morgan fingerprint density at radius 3 is 2.32 bits per heavy atom. The van der Waals surface area contributed by atoms with Gasteiger partial charge in [0.1, 0.15) is 5.82 Å². The minimum Gasteiger partial charge on any atom is -0.478 e. The summed E-state index contributed by atoms with van der Waals surface area (Å²) < 4.78 is 13.5. The summed E-state index contributed by atoms with van der Waals surface area (Å²) >= 11 is 5.75. The first kappa shape index (κ1) is 13.3. The topological polar surface area (TPSA) is 37.3 Å². The van der Waals surface area contributed by atoms with Gasteiger partial charge in [-0.2, -0.15) is 0 Å². The van der Waals surface area contributed by atoms with E-state index in [0.717, 1.165) is 0 Å². The molecule has 0 spiro atoms. The zero-order chi connectivity index (χ0) is 13.8. The molecule has 0 aliphatic rings. The Morgan fingerprint density at radius 1 is 1.11 bits per heavy atom. The molecule has 2 nitrogen and oxygen atoms in total. The van der Waals surface area contributed by atoms with E-state index in [1.807, 2.05) is 0 Å². The molecule has 1 N–H and O–H groups in total. The third-order valence-electron chi connectivity index (χ3n) is 2.59. The summed E-state index contributed by atoms with van der Waals surface area (Å²) in [6, 6.07) is 12.4. The summed E-state index contributed by atoms with van der Waals surface area (Å²) in [5.41, 5.74) is 0.719. The number of carboxylic acid groups (broad SMARTS) is 1. The lowest BCUT2D eigenvalue weighted by molar-refractivity contribution is -0.130. The molecule has 0 aliphatic carbocycles. The van der Waals surface area contributed by atoms with Crippen molar-refractivity contribution < 1.29 is 14.3 Å². The molecule has 19 heavy (non-hydrogen) atoms. The Balaban J connectivity index is 2.50. The number of halogens is 2. The molecular formula is C15H10ClFO2.